The minimum absolute atomic E-state index is 0.00348. The number of piperazine rings is 1. The van der Waals surface area contributed by atoms with Crippen molar-refractivity contribution in [2.45, 2.75) is 19.9 Å². The minimum Gasteiger partial charge on any atom is -0.385 e. The Morgan fingerprint density at radius 3 is 2.67 bits per heavy atom. The summed E-state index contributed by atoms with van der Waals surface area (Å²) < 4.78 is 6.95. The van der Waals surface area contributed by atoms with E-state index in [9.17, 15) is 9.59 Å². The standard InChI is InChI=1S/C19H26N4O3S/c1-3-21-8-10-22(11-9-21)17(24)14-5-6-15-16(13-14)20-19(27)23(18(15)25)7-4-12-26-2/h5-6,13H,3-4,7-12H2,1-2H3,(H,20,27). The third kappa shape index (κ3) is 4.28. The van der Waals surface area contributed by atoms with Crippen LogP contribution < -0.4 is 5.56 Å². The summed E-state index contributed by atoms with van der Waals surface area (Å²) in [6.07, 6.45) is 0.708. The predicted molar refractivity (Wildman–Crippen MR) is 108 cm³/mol. The first-order valence-corrected chi connectivity index (χ1v) is 9.73. The molecular weight excluding hydrogens is 364 g/mol. The molecule has 0 aliphatic carbocycles. The van der Waals surface area contributed by atoms with Gasteiger partial charge in [-0.2, -0.15) is 0 Å². The quantitative estimate of drug-likeness (QED) is 0.602. The Bertz CT molecular complexity index is 929. The van der Waals surface area contributed by atoms with Crippen LogP contribution in [0.3, 0.4) is 0 Å². The van der Waals surface area contributed by atoms with Gasteiger partial charge >= 0.3 is 0 Å². The van der Waals surface area contributed by atoms with Crippen LogP contribution in [-0.4, -0.2) is 71.7 Å². The molecule has 0 spiro atoms. The van der Waals surface area contributed by atoms with Gasteiger partial charge in [0.15, 0.2) is 4.77 Å². The van der Waals surface area contributed by atoms with Crippen molar-refractivity contribution in [3.05, 3.63) is 38.9 Å². The number of hydrogen-bond donors (Lipinski definition) is 1. The summed E-state index contributed by atoms with van der Waals surface area (Å²) in [5.41, 5.74) is 1.04. The van der Waals surface area contributed by atoms with Crippen LogP contribution in [0, 0.1) is 4.77 Å². The Hall–Kier alpha value is -2.03. The van der Waals surface area contributed by atoms with Gasteiger partial charge in [0.05, 0.1) is 10.9 Å². The topological polar surface area (TPSA) is 70.6 Å². The number of carbonyl (C=O) groups excluding carboxylic acids is 1. The van der Waals surface area contributed by atoms with E-state index in [1.165, 1.54) is 0 Å². The van der Waals surface area contributed by atoms with Crippen LogP contribution in [0.5, 0.6) is 0 Å². The molecule has 1 aromatic carbocycles. The maximum atomic E-state index is 12.8. The molecule has 1 amide bonds. The van der Waals surface area contributed by atoms with E-state index < -0.39 is 0 Å². The maximum absolute atomic E-state index is 12.8. The van der Waals surface area contributed by atoms with Gasteiger partial charge in [0.25, 0.3) is 11.5 Å². The summed E-state index contributed by atoms with van der Waals surface area (Å²) in [6.45, 7) is 7.44. The lowest BCUT2D eigenvalue weighted by atomic mass is 10.1. The molecule has 2 heterocycles. The predicted octanol–water partition coefficient (Wildman–Crippen LogP) is 1.87. The lowest BCUT2D eigenvalue weighted by Gasteiger charge is -2.34. The highest BCUT2D eigenvalue weighted by Gasteiger charge is 2.21. The SMILES string of the molecule is CCN1CCN(C(=O)c2ccc3c(=O)n(CCCOC)c(=S)[nH]c3c2)CC1. The molecule has 0 bridgehead atoms. The first-order chi connectivity index (χ1) is 13.0. The number of rotatable bonds is 6. The van der Waals surface area contributed by atoms with E-state index in [1.807, 2.05) is 4.90 Å². The molecule has 1 fully saturated rings. The van der Waals surface area contributed by atoms with Gasteiger partial charge in [0.1, 0.15) is 0 Å². The molecule has 3 rings (SSSR count). The first kappa shape index (κ1) is 19.7. The van der Waals surface area contributed by atoms with Gasteiger partial charge in [-0.3, -0.25) is 14.2 Å². The molecule has 7 nitrogen and oxygen atoms in total. The van der Waals surface area contributed by atoms with Gasteiger partial charge in [0.2, 0.25) is 0 Å². The molecule has 1 N–H and O–H groups in total. The molecule has 1 aliphatic heterocycles. The average molecular weight is 391 g/mol. The van der Waals surface area contributed by atoms with Crippen molar-refractivity contribution in [2.75, 3.05) is 46.4 Å². The zero-order chi connectivity index (χ0) is 19.4. The summed E-state index contributed by atoms with van der Waals surface area (Å²) in [4.78, 5) is 32.8. The Balaban J connectivity index is 1.85. The van der Waals surface area contributed by atoms with Gasteiger partial charge in [-0.15, -0.1) is 0 Å². The van der Waals surface area contributed by atoms with E-state index in [2.05, 4.69) is 16.8 Å². The minimum atomic E-state index is -0.139. The molecule has 1 aromatic heterocycles. The monoisotopic (exact) mass is 390 g/mol. The number of amides is 1. The Labute approximate surface area is 163 Å². The number of ether oxygens (including phenoxy) is 1. The van der Waals surface area contributed by atoms with E-state index in [-0.39, 0.29) is 11.5 Å². The average Bonchev–Trinajstić information content (AvgIpc) is 2.69. The second kappa shape index (κ2) is 8.77. The van der Waals surface area contributed by atoms with Gasteiger partial charge in [-0.05, 0) is 43.4 Å². The number of benzene rings is 1. The molecule has 1 saturated heterocycles. The smallest absolute Gasteiger partial charge is 0.262 e. The lowest BCUT2D eigenvalue weighted by molar-refractivity contribution is 0.0643. The van der Waals surface area contributed by atoms with E-state index in [4.69, 9.17) is 17.0 Å². The highest BCUT2D eigenvalue weighted by atomic mass is 32.1. The molecule has 8 heteroatoms. The molecule has 0 radical (unpaired) electrons. The Morgan fingerprint density at radius 2 is 2.00 bits per heavy atom. The van der Waals surface area contributed by atoms with E-state index in [1.54, 1.807) is 29.9 Å². The van der Waals surface area contributed by atoms with Crippen LogP contribution in [0.15, 0.2) is 23.0 Å². The van der Waals surface area contributed by atoms with Crippen molar-refractivity contribution < 1.29 is 9.53 Å². The summed E-state index contributed by atoms with van der Waals surface area (Å²) >= 11 is 5.34. The number of carbonyl (C=O) groups is 1. The van der Waals surface area contributed by atoms with Crippen molar-refractivity contribution in [3.8, 4) is 0 Å². The number of aromatic nitrogens is 2. The Kier molecular flexibility index (Phi) is 6.41. The summed E-state index contributed by atoms with van der Waals surface area (Å²) in [5, 5.41) is 0.536. The van der Waals surface area contributed by atoms with Gasteiger partial charge in [-0.25, -0.2) is 0 Å². The van der Waals surface area contributed by atoms with Crippen molar-refractivity contribution in [3.63, 3.8) is 0 Å². The van der Waals surface area contributed by atoms with Gasteiger partial charge in [-0.1, -0.05) is 6.92 Å². The third-order valence-electron chi connectivity index (χ3n) is 5.07. The summed E-state index contributed by atoms with van der Waals surface area (Å²) in [7, 11) is 1.63. The molecule has 0 atom stereocenters. The normalized spacial score (nSPS) is 15.4. The second-order valence-electron chi connectivity index (χ2n) is 6.72. The number of methoxy groups -OCH3 is 1. The lowest BCUT2D eigenvalue weighted by Crippen LogP contribution is -2.48. The molecule has 1 aliphatic rings. The van der Waals surface area contributed by atoms with Crippen molar-refractivity contribution >= 4 is 29.0 Å². The highest BCUT2D eigenvalue weighted by molar-refractivity contribution is 7.71. The third-order valence-corrected chi connectivity index (χ3v) is 5.39. The fourth-order valence-corrected chi connectivity index (χ4v) is 3.69. The second-order valence-corrected chi connectivity index (χ2v) is 7.11. The highest BCUT2D eigenvalue weighted by Crippen LogP contribution is 2.14. The molecular formula is C19H26N4O3S. The molecule has 146 valence electrons. The van der Waals surface area contributed by atoms with Crippen molar-refractivity contribution in [2.24, 2.45) is 0 Å². The van der Waals surface area contributed by atoms with E-state index >= 15 is 0 Å². The van der Waals surface area contributed by atoms with Gasteiger partial charge < -0.3 is 19.5 Å². The van der Waals surface area contributed by atoms with E-state index in [0.29, 0.717) is 40.8 Å². The molecule has 0 unspecified atom stereocenters. The zero-order valence-corrected chi connectivity index (χ0v) is 16.7. The largest absolute Gasteiger partial charge is 0.385 e. The van der Waals surface area contributed by atoms with Crippen LogP contribution >= 0.6 is 12.2 Å². The summed E-state index contributed by atoms with van der Waals surface area (Å²) in [6, 6.07) is 5.18. The number of nitrogens with one attached hydrogen (secondary N) is 1. The molecule has 0 saturated carbocycles. The van der Waals surface area contributed by atoms with E-state index in [0.717, 1.165) is 32.7 Å². The fourth-order valence-electron chi connectivity index (χ4n) is 3.41. The number of aromatic amines is 1. The first-order valence-electron chi connectivity index (χ1n) is 9.32. The van der Waals surface area contributed by atoms with Crippen LogP contribution in [0.25, 0.3) is 10.9 Å². The number of nitrogens with zero attached hydrogens (tertiary/aromatic N) is 3. The molecule has 2 aromatic rings. The number of likely N-dealkylation sites (N-methyl/N-ethyl adjacent to an activating group) is 1. The Morgan fingerprint density at radius 1 is 1.26 bits per heavy atom. The number of H-pyrrole nitrogens is 1. The molecule has 27 heavy (non-hydrogen) atoms. The summed E-state index contributed by atoms with van der Waals surface area (Å²) in [5.74, 6) is -0.00348. The van der Waals surface area contributed by atoms with Crippen LogP contribution in [-0.2, 0) is 11.3 Å². The number of fused-ring (bicyclic) bond motifs is 1. The fraction of sp³-hybridized carbons (Fsp3) is 0.526. The maximum Gasteiger partial charge on any atom is 0.262 e. The number of hydrogen-bond acceptors (Lipinski definition) is 5. The van der Waals surface area contributed by atoms with Crippen molar-refractivity contribution in [1.82, 2.24) is 19.4 Å². The van der Waals surface area contributed by atoms with Gasteiger partial charge in [0, 0.05) is 52.0 Å². The van der Waals surface area contributed by atoms with Crippen LogP contribution in [0.4, 0.5) is 0 Å². The van der Waals surface area contributed by atoms with Crippen molar-refractivity contribution in [1.29, 1.82) is 0 Å². The zero-order valence-electron chi connectivity index (χ0n) is 15.9. The van der Waals surface area contributed by atoms with Crippen LogP contribution in [0.2, 0.25) is 0 Å². The van der Waals surface area contributed by atoms with Crippen LogP contribution in [0.1, 0.15) is 23.7 Å².